The molecule has 5 N–H and O–H groups in total. The third-order valence-electron chi connectivity index (χ3n) is 7.61. The first-order valence-corrected chi connectivity index (χ1v) is 13.5. The van der Waals surface area contributed by atoms with Gasteiger partial charge < -0.3 is 21.6 Å². The lowest BCUT2D eigenvalue weighted by Gasteiger charge is -2.32. The summed E-state index contributed by atoms with van der Waals surface area (Å²) in [5.74, 6) is -0.659. The van der Waals surface area contributed by atoms with Crippen LogP contribution in [0.3, 0.4) is 0 Å². The van der Waals surface area contributed by atoms with Crippen LogP contribution in [0.15, 0.2) is 72.8 Å². The topological polar surface area (TPSA) is 120 Å². The summed E-state index contributed by atoms with van der Waals surface area (Å²) < 4.78 is 16.5. The van der Waals surface area contributed by atoms with Crippen LogP contribution in [0.25, 0.3) is 10.5 Å². The van der Waals surface area contributed by atoms with Crippen molar-refractivity contribution in [2.45, 2.75) is 44.7 Å². The minimum atomic E-state index is -0.965. The van der Waals surface area contributed by atoms with Crippen LogP contribution in [-0.2, 0) is 12.1 Å². The number of aromatic nitrogens is 2. The Bertz CT molecular complexity index is 1650. The summed E-state index contributed by atoms with van der Waals surface area (Å²) in [5, 5.41) is 6.91. The van der Waals surface area contributed by atoms with Crippen LogP contribution < -0.4 is 16.8 Å². The maximum absolute atomic E-state index is 15.1. The number of ketones is 1. The van der Waals surface area contributed by atoms with Gasteiger partial charge in [-0.15, -0.1) is 0 Å². The Morgan fingerprint density at radius 2 is 1.83 bits per heavy atom. The van der Waals surface area contributed by atoms with Crippen molar-refractivity contribution in [2.24, 2.45) is 17.4 Å². The molecule has 1 fully saturated rings. The van der Waals surface area contributed by atoms with Crippen LogP contribution >= 0.6 is 0 Å². The van der Waals surface area contributed by atoms with Gasteiger partial charge in [-0.2, -0.15) is 4.68 Å². The maximum Gasteiger partial charge on any atom is 0.296 e. The van der Waals surface area contributed by atoms with Crippen LogP contribution in [0.4, 0.5) is 15.9 Å². The molecule has 1 heterocycles. The molecule has 0 radical (unpaired) electrons. The lowest BCUT2D eigenvalue weighted by atomic mass is 9.79. The van der Waals surface area contributed by atoms with E-state index in [1.54, 1.807) is 42.5 Å². The van der Waals surface area contributed by atoms with E-state index in [2.05, 4.69) is 15.3 Å². The van der Waals surface area contributed by atoms with E-state index in [9.17, 15) is 9.59 Å². The van der Waals surface area contributed by atoms with E-state index in [4.69, 9.17) is 18.0 Å². The number of hydrogen-bond acceptors (Lipinski definition) is 5. The predicted molar refractivity (Wildman–Crippen MR) is 155 cm³/mol. The average molecular weight is 551 g/mol. The molecule has 1 aliphatic rings. The first-order valence-electron chi connectivity index (χ1n) is 13.5. The van der Waals surface area contributed by atoms with Gasteiger partial charge in [0.1, 0.15) is 11.5 Å². The quantitative estimate of drug-likeness (QED) is 0.169. The summed E-state index contributed by atoms with van der Waals surface area (Å²) in [6, 6.07) is 20.2. The Hall–Kier alpha value is -4.65. The number of rotatable bonds is 10. The summed E-state index contributed by atoms with van der Waals surface area (Å²) in [6.07, 6.45) is 3.86. The Kier molecular flexibility index (Phi) is 7.79. The van der Waals surface area contributed by atoms with Crippen molar-refractivity contribution in [3.63, 3.8) is 0 Å². The molecular formula is C32H31FN6O2. The van der Waals surface area contributed by atoms with Crippen molar-refractivity contribution in [1.82, 2.24) is 9.78 Å². The van der Waals surface area contributed by atoms with E-state index in [0.717, 1.165) is 17.5 Å². The van der Waals surface area contributed by atoms with Crippen LogP contribution in [0.1, 0.15) is 70.1 Å². The van der Waals surface area contributed by atoms with Gasteiger partial charge in [-0.25, -0.2) is 4.39 Å². The molecule has 1 aliphatic carbocycles. The van der Waals surface area contributed by atoms with E-state index >= 15 is 4.39 Å². The second-order valence-corrected chi connectivity index (χ2v) is 10.5. The van der Waals surface area contributed by atoms with Gasteiger partial charge in [0, 0.05) is 12.1 Å². The highest BCUT2D eigenvalue weighted by Crippen LogP contribution is 2.40. The van der Waals surface area contributed by atoms with E-state index in [0.29, 0.717) is 35.7 Å². The molecule has 4 aromatic rings. The van der Waals surface area contributed by atoms with E-state index < -0.39 is 17.3 Å². The lowest BCUT2D eigenvalue weighted by molar-refractivity contribution is 0.101. The van der Waals surface area contributed by atoms with Gasteiger partial charge in [-0.05, 0) is 77.8 Å². The molecule has 1 saturated carbocycles. The summed E-state index contributed by atoms with van der Waals surface area (Å²) in [4.78, 5) is 28.7. The molecule has 5 rings (SSSR count). The highest BCUT2D eigenvalue weighted by atomic mass is 19.1. The smallest absolute Gasteiger partial charge is 0.296 e. The van der Waals surface area contributed by atoms with Gasteiger partial charge in [0.05, 0.1) is 16.9 Å². The first-order chi connectivity index (χ1) is 19.7. The minimum absolute atomic E-state index is 0.0255. The van der Waals surface area contributed by atoms with Gasteiger partial charge in [-0.1, -0.05) is 61.9 Å². The Morgan fingerprint density at radius 3 is 2.49 bits per heavy atom. The van der Waals surface area contributed by atoms with Gasteiger partial charge in [0.25, 0.3) is 11.7 Å². The number of amides is 1. The number of Topliss-reactive ketones (excluding diaryl/α,β-unsaturated/α-hetero) is 1. The van der Waals surface area contributed by atoms with Crippen LogP contribution in [0.5, 0.6) is 0 Å². The standard InChI is InChI=1S/C32H31FN6O2/c1-20(40)23-8-10-24(11-9-23)32(35,15-14-21-6-7-21)25-12-13-27(33)28(17-25)37-31(41)29-18-30(36-2)38-39(29)26-5-3-4-22(16-26)19-34/h3-5,8-13,16-18,21H,6-7,14-15,19,34-35H2,1H3,(H,37,41). The summed E-state index contributed by atoms with van der Waals surface area (Å²) in [6.45, 7) is 9.19. The summed E-state index contributed by atoms with van der Waals surface area (Å²) in [5.41, 5.74) is 15.3. The fraction of sp³-hybridized carbons (Fsp3) is 0.250. The van der Waals surface area contributed by atoms with Gasteiger partial charge in [0.15, 0.2) is 5.78 Å². The number of hydrogen-bond donors (Lipinski definition) is 3. The predicted octanol–water partition coefficient (Wildman–Crippen LogP) is 5.87. The van der Waals surface area contributed by atoms with Crippen molar-refractivity contribution in [1.29, 1.82) is 0 Å². The van der Waals surface area contributed by atoms with E-state index in [-0.39, 0.29) is 23.0 Å². The normalized spacial score (nSPS) is 14.2. The molecule has 0 bridgehead atoms. The van der Waals surface area contributed by atoms with Gasteiger partial charge in [0.2, 0.25) is 0 Å². The number of carbonyl (C=O) groups is 2. The Labute approximate surface area is 238 Å². The van der Waals surface area contributed by atoms with Crippen molar-refractivity contribution in [2.75, 3.05) is 5.32 Å². The fourth-order valence-corrected chi connectivity index (χ4v) is 4.98. The number of anilines is 1. The Morgan fingerprint density at radius 1 is 1.10 bits per heavy atom. The van der Waals surface area contributed by atoms with Crippen LogP contribution in [0, 0.1) is 18.3 Å². The molecule has 1 atom stereocenters. The van der Waals surface area contributed by atoms with Crippen molar-refractivity contribution < 1.29 is 14.0 Å². The minimum Gasteiger partial charge on any atom is -0.359 e. The summed E-state index contributed by atoms with van der Waals surface area (Å²) >= 11 is 0. The average Bonchev–Trinajstić information content (AvgIpc) is 3.72. The molecule has 9 heteroatoms. The zero-order valence-electron chi connectivity index (χ0n) is 22.7. The molecule has 1 amide bonds. The number of halogens is 1. The molecule has 3 aromatic carbocycles. The van der Waals surface area contributed by atoms with Crippen molar-refractivity contribution in [3.8, 4) is 5.69 Å². The van der Waals surface area contributed by atoms with Gasteiger partial charge >= 0.3 is 0 Å². The molecule has 0 aliphatic heterocycles. The summed E-state index contributed by atoms with van der Waals surface area (Å²) in [7, 11) is 0. The largest absolute Gasteiger partial charge is 0.359 e. The van der Waals surface area contributed by atoms with E-state index in [1.165, 1.54) is 36.6 Å². The molecule has 41 heavy (non-hydrogen) atoms. The molecule has 0 saturated heterocycles. The zero-order valence-corrected chi connectivity index (χ0v) is 22.7. The third-order valence-corrected chi connectivity index (χ3v) is 7.61. The highest BCUT2D eigenvalue weighted by molar-refractivity contribution is 6.04. The zero-order chi connectivity index (χ0) is 29.1. The molecule has 1 aromatic heterocycles. The number of carbonyl (C=O) groups excluding carboxylic acids is 2. The number of nitrogens with zero attached hydrogens (tertiary/aromatic N) is 3. The number of nitrogens with one attached hydrogen (secondary N) is 1. The van der Waals surface area contributed by atoms with Crippen LogP contribution in [0.2, 0.25) is 0 Å². The van der Waals surface area contributed by atoms with Crippen molar-refractivity contribution >= 4 is 23.2 Å². The monoisotopic (exact) mass is 550 g/mol. The SMILES string of the molecule is [C-]#[N+]c1cc(C(=O)Nc2cc(C(N)(CCC3CC3)c3ccc(C(C)=O)cc3)ccc2F)n(-c2cccc(CN)c2)n1. The molecule has 208 valence electrons. The van der Waals surface area contributed by atoms with Crippen LogP contribution in [-0.4, -0.2) is 21.5 Å². The number of benzene rings is 3. The third kappa shape index (κ3) is 5.94. The van der Waals surface area contributed by atoms with Gasteiger partial charge in [-0.3, -0.25) is 9.59 Å². The maximum atomic E-state index is 15.1. The molecular weight excluding hydrogens is 519 g/mol. The second kappa shape index (κ2) is 11.5. The first kappa shape index (κ1) is 27.9. The lowest BCUT2D eigenvalue weighted by Crippen LogP contribution is -2.38. The van der Waals surface area contributed by atoms with Crippen molar-refractivity contribution in [3.05, 3.63) is 118 Å². The number of nitrogens with two attached hydrogens (primary N) is 2. The molecule has 0 spiro atoms. The molecule has 1 unspecified atom stereocenters. The Balaban J connectivity index is 1.49. The fourth-order valence-electron chi connectivity index (χ4n) is 4.98. The molecule has 8 nitrogen and oxygen atoms in total. The van der Waals surface area contributed by atoms with E-state index in [1.807, 2.05) is 18.2 Å². The highest BCUT2D eigenvalue weighted by Gasteiger charge is 2.34. The second-order valence-electron chi connectivity index (χ2n) is 10.5.